The number of benzene rings is 1. The van der Waals surface area contributed by atoms with Gasteiger partial charge in [0.05, 0.1) is 28.0 Å². The third-order valence-electron chi connectivity index (χ3n) is 3.61. The molecular formula is C18H17N5S. The molecule has 2 aromatic heterocycles. The number of thiazole rings is 1. The molecule has 6 heteroatoms. The molecule has 120 valence electrons. The Balaban J connectivity index is 2.09. The van der Waals surface area contributed by atoms with Crippen molar-refractivity contribution < 1.29 is 0 Å². The summed E-state index contributed by atoms with van der Waals surface area (Å²) in [6.45, 7) is 9.40. The minimum atomic E-state index is -0.0743. The van der Waals surface area contributed by atoms with Crippen LogP contribution in [0.15, 0.2) is 72.5 Å². The Morgan fingerprint density at radius 2 is 2.08 bits per heavy atom. The number of aryl methyl sites for hydroxylation is 1. The highest BCUT2D eigenvalue weighted by molar-refractivity contribution is 7.09. The largest absolute Gasteiger partial charge is 0.255 e. The Bertz CT molecular complexity index is 876. The number of hydrogen-bond acceptors (Lipinski definition) is 5. The van der Waals surface area contributed by atoms with Crippen LogP contribution in [0.4, 0.5) is 0 Å². The molecule has 0 saturated carbocycles. The zero-order valence-corrected chi connectivity index (χ0v) is 14.1. The van der Waals surface area contributed by atoms with Gasteiger partial charge in [-0.2, -0.15) is 0 Å². The van der Waals surface area contributed by atoms with Crippen molar-refractivity contribution in [1.29, 1.82) is 0 Å². The van der Waals surface area contributed by atoms with E-state index >= 15 is 0 Å². The van der Waals surface area contributed by atoms with E-state index < -0.39 is 0 Å². The molecule has 3 rings (SSSR count). The predicted molar refractivity (Wildman–Crippen MR) is 97.5 cm³/mol. The van der Waals surface area contributed by atoms with Crippen LogP contribution in [-0.2, 0) is 0 Å². The number of rotatable bonds is 6. The molecule has 0 N–H and O–H groups in total. The van der Waals surface area contributed by atoms with E-state index in [-0.39, 0.29) is 6.04 Å². The summed E-state index contributed by atoms with van der Waals surface area (Å²) in [5, 5.41) is 8.56. The van der Waals surface area contributed by atoms with Crippen molar-refractivity contribution in [3.8, 4) is 0 Å². The van der Waals surface area contributed by atoms with Crippen LogP contribution in [0.3, 0.4) is 0 Å². The minimum absolute atomic E-state index is 0.0743. The average Bonchev–Trinajstić information content (AvgIpc) is 3.24. The first-order chi connectivity index (χ1) is 11.7. The van der Waals surface area contributed by atoms with E-state index in [1.165, 1.54) is 6.20 Å². The Morgan fingerprint density at radius 3 is 2.71 bits per heavy atom. The lowest BCUT2D eigenvalue weighted by atomic mass is 10.0. The van der Waals surface area contributed by atoms with Crippen LogP contribution >= 0.6 is 11.3 Å². The van der Waals surface area contributed by atoms with Gasteiger partial charge in [-0.05, 0) is 18.6 Å². The Hall–Kier alpha value is -2.86. The van der Waals surface area contributed by atoms with Crippen molar-refractivity contribution in [3.63, 3.8) is 0 Å². The number of hydrogen-bond donors (Lipinski definition) is 0. The van der Waals surface area contributed by atoms with Crippen molar-refractivity contribution >= 4 is 17.0 Å². The third-order valence-corrected chi connectivity index (χ3v) is 4.59. The monoisotopic (exact) mass is 335 g/mol. The number of nitrogens with zero attached hydrogens (tertiary/aromatic N) is 5. The van der Waals surface area contributed by atoms with Crippen LogP contribution in [0.25, 0.3) is 0 Å². The number of aromatic nitrogens is 4. The molecule has 0 amide bonds. The lowest BCUT2D eigenvalue weighted by Crippen LogP contribution is -2.13. The smallest absolute Gasteiger partial charge is 0.131 e. The summed E-state index contributed by atoms with van der Waals surface area (Å²) in [6, 6.07) is 10.1. The average molecular weight is 335 g/mol. The first kappa shape index (κ1) is 16.0. The molecule has 1 aromatic carbocycles. The van der Waals surface area contributed by atoms with Gasteiger partial charge in [0, 0.05) is 6.20 Å². The first-order valence-electron chi connectivity index (χ1n) is 7.43. The maximum atomic E-state index is 4.38. The Kier molecular flexibility index (Phi) is 4.77. The highest BCUT2D eigenvalue weighted by Gasteiger charge is 2.22. The SMILES string of the molecule is C=CN=C(C=C)c1cn(C(c2ccccc2)c2scnc2C)nn1. The fourth-order valence-electron chi connectivity index (χ4n) is 2.48. The third kappa shape index (κ3) is 3.09. The molecule has 1 atom stereocenters. The van der Waals surface area contributed by atoms with Gasteiger partial charge in [0.1, 0.15) is 11.7 Å². The summed E-state index contributed by atoms with van der Waals surface area (Å²) in [6.07, 6.45) is 4.99. The molecule has 5 nitrogen and oxygen atoms in total. The van der Waals surface area contributed by atoms with Crippen LogP contribution < -0.4 is 0 Å². The summed E-state index contributed by atoms with van der Waals surface area (Å²) in [7, 11) is 0. The van der Waals surface area contributed by atoms with Crippen LogP contribution in [0.5, 0.6) is 0 Å². The first-order valence-corrected chi connectivity index (χ1v) is 8.30. The van der Waals surface area contributed by atoms with E-state index in [4.69, 9.17) is 0 Å². The van der Waals surface area contributed by atoms with Gasteiger partial charge in [0.2, 0.25) is 0 Å². The molecule has 0 aliphatic heterocycles. The normalized spacial score (nSPS) is 12.8. The molecular weight excluding hydrogens is 318 g/mol. The van der Waals surface area contributed by atoms with Gasteiger partial charge in [0.15, 0.2) is 0 Å². The maximum Gasteiger partial charge on any atom is 0.131 e. The highest BCUT2D eigenvalue weighted by atomic mass is 32.1. The van der Waals surface area contributed by atoms with E-state index in [0.717, 1.165) is 16.1 Å². The van der Waals surface area contributed by atoms with Crippen LogP contribution in [0, 0.1) is 6.92 Å². The van der Waals surface area contributed by atoms with E-state index in [2.05, 4.69) is 45.6 Å². The molecule has 0 aliphatic carbocycles. The maximum absolute atomic E-state index is 4.38. The van der Waals surface area contributed by atoms with Crippen molar-refractivity contribution in [3.05, 3.63) is 89.3 Å². The fourth-order valence-corrected chi connectivity index (χ4v) is 3.40. The van der Waals surface area contributed by atoms with Gasteiger partial charge < -0.3 is 0 Å². The summed E-state index contributed by atoms with van der Waals surface area (Å²) < 4.78 is 1.84. The lowest BCUT2D eigenvalue weighted by Gasteiger charge is -2.16. The van der Waals surface area contributed by atoms with Gasteiger partial charge in [-0.25, -0.2) is 9.67 Å². The van der Waals surface area contributed by atoms with Crippen molar-refractivity contribution in [1.82, 2.24) is 20.0 Å². The summed E-state index contributed by atoms with van der Waals surface area (Å²) >= 11 is 1.61. The summed E-state index contributed by atoms with van der Waals surface area (Å²) in [4.78, 5) is 9.69. The van der Waals surface area contributed by atoms with Crippen molar-refractivity contribution in [2.45, 2.75) is 13.0 Å². The molecule has 2 heterocycles. The minimum Gasteiger partial charge on any atom is -0.255 e. The molecule has 3 aromatic rings. The van der Waals surface area contributed by atoms with E-state index in [1.54, 1.807) is 17.4 Å². The zero-order chi connectivity index (χ0) is 16.9. The van der Waals surface area contributed by atoms with Crippen molar-refractivity contribution in [2.75, 3.05) is 0 Å². The number of allylic oxidation sites excluding steroid dienone is 1. The second-order valence-electron chi connectivity index (χ2n) is 5.10. The molecule has 24 heavy (non-hydrogen) atoms. The zero-order valence-electron chi connectivity index (χ0n) is 13.3. The quantitative estimate of drug-likeness (QED) is 0.644. The van der Waals surface area contributed by atoms with Gasteiger partial charge >= 0.3 is 0 Å². The van der Waals surface area contributed by atoms with Crippen LogP contribution in [0.1, 0.15) is 27.9 Å². The van der Waals surface area contributed by atoms with Gasteiger partial charge in [0.25, 0.3) is 0 Å². The predicted octanol–water partition coefficient (Wildman–Crippen LogP) is 3.80. The Morgan fingerprint density at radius 1 is 1.29 bits per heavy atom. The fraction of sp³-hybridized carbons (Fsp3) is 0.111. The molecule has 0 bridgehead atoms. The molecule has 0 spiro atoms. The molecule has 1 unspecified atom stereocenters. The van der Waals surface area contributed by atoms with E-state index in [0.29, 0.717) is 11.4 Å². The summed E-state index contributed by atoms with van der Waals surface area (Å²) in [5.41, 5.74) is 5.28. The second-order valence-corrected chi connectivity index (χ2v) is 5.99. The molecule has 0 saturated heterocycles. The standard InChI is InChI=1S/C18H17N5S/c1-4-15(19-5-2)16-11-23(22-21-16)17(14-9-7-6-8-10-14)18-13(3)20-12-24-18/h4-12,17H,1-2H2,3H3. The molecule has 0 fully saturated rings. The van der Waals surface area contributed by atoms with Crippen molar-refractivity contribution in [2.24, 2.45) is 4.99 Å². The lowest BCUT2D eigenvalue weighted by molar-refractivity contribution is 0.575. The van der Waals surface area contributed by atoms with E-state index in [9.17, 15) is 0 Å². The van der Waals surface area contributed by atoms with Crippen LogP contribution in [-0.4, -0.2) is 25.7 Å². The Labute approximate surface area is 144 Å². The number of aliphatic imine (C=N–C) groups is 1. The van der Waals surface area contributed by atoms with E-state index in [1.807, 2.05) is 41.5 Å². The second kappa shape index (κ2) is 7.14. The van der Waals surface area contributed by atoms with Gasteiger partial charge in [-0.15, -0.1) is 16.4 Å². The van der Waals surface area contributed by atoms with Crippen LogP contribution in [0.2, 0.25) is 0 Å². The highest BCUT2D eigenvalue weighted by Crippen LogP contribution is 2.31. The molecule has 0 aliphatic rings. The summed E-state index contributed by atoms with van der Waals surface area (Å²) in [5.74, 6) is 0. The van der Waals surface area contributed by atoms with Gasteiger partial charge in [-0.1, -0.05) is 48.7 Å². The topological polar surface area (TPSA) is 56.0 Å². The van der Waals surface area contributed by atoms with Gasteiger partial charge in [-0.3, -0.25) is 4.99 Å². The molecule has 0 radical (unpaired) electrons.